The Hall–Kier alpha value is -1.55. The highest BCUT2D eigenvalue weighted by atomic mass is 16.5. The van der Waals surface area contributed by atoms with Gasteiger partial charge in [-0.15, -0.1) is 0 Å². The van der Waals surface area contributed by atoms with Crippen LogP contribution in [0.2, 0.25) is 0 Å². The summed E-state index contributed by atoms with van der Waals surface area (Å²) in [4.78, 5) is 14.2. The number of ether oxygens (including phenoxy) is 1. The van der Waals surface area contributed by atoms with Gasteiger partial charge in [-0.05, 0) is 23.6 Å². The van der Waals surface area contributed by atoms with Crippen LogP contribution in [0.5, 0.6) is 5.75 Å². The minimum Gasteiger partial charge on any atom is -0.508 e. The second-order valence-corrected chi connectivity index (χ2v) is 5.89. The van der Waals surface area contributed by atoms with Crippen molar-refractivity contribution >= 4 is 5.91 Å². The quantitative estimate of drug-likeness (QED) is 0.844. The van der Waals surface area contributed by atoms with Crippen molar-refractivity contribution in [3.05, 3.63) is 29.3 Å². The molecule has 19 heavy (non-hydrogen) atoms. The molecule has 1 amide bonds. The second kappa shape index (κ2) is 5.21. The highest BCUT2D eigenvalue weighted by molar-refractivity contribution is 5.94. The first kappa shape index (κ1) is 13.9. The van der Waals surface area contributed by atoms with Crippen molar-refractivity contribution in [3.63, 3.8) is 0 Å². The largest absolute Gasteiger partial charge is 0.508 e. The molecule has 1 fully saturated rings. The molecule has 1 aliphatic rings. The van der Waals surface area contributed by atoms with E-state index in [1.165, 1.54) is 0 Å². The molecule has 4 nitrogen and oxygen atoms in total. The van der Waals surface area contributed by atoms with Gasteiger partial charge in [0.25, 0.3) is 5.91 Å². The summed E-state index contributed by atoms with van der Waals surface area (Å²) in [5.41, 5.74) is 1.24. The number of nitrogens with zero attached hydrogens (tertiary/aromatic N) is 1. The van der Waals surface area contributed by atoms with E-state index >= 15 is 0 Å². The topological polar surface area (TPSA) is 49.8 Å². The number of hydrogen-bond acceptors (Lipinski definition) is 3. The number of carbonyl (C=O) groups is 1. The maximum Gasteiger partial charge on any atom is 0.254 e. The van der Waals surface area contributed by atoms with Crippen LogP contribution in [0.15, 0.2) is 18.2 Å². The van der Waals surface area contributed by atoms with Gasteiger partial charge in [0.2, 0.25) is 0 Å². The standard InChI is InChI=1S/C15H21NO3/c1-15(2,3)12-10-11(4-5-13(12)17)14(18)16-6-8-19-9-7-16/h4-5,10,17H,6-9H2,1-3H3. The first-order chi connectivity index (χ1) is 8.89. The molecule has 0 spiro atoms. The molecule has 1 aliphatic heterocycles. The van der Waals surface area contributed by atoms with Gasteiger partial charge in [0.15, 0.2) is 0 Å². The Morgan fingerprint density at radius 2 is 1.89 bits per heavy atom. The zero-order valence-corrected chi connectivity index (χ0v) is 11.8. The minimum atomic E-state index is -0.189. The number of amides is 1. The van der Waals surface area contributed by atoms with Crippen LogP contribution >= 0.6 is 0 Å². The molecule has 1 heterocycles. The van der Waals surface area contributed by atoms with Crippen molar-refractivity contribution in [2.24, 2.45) is 0 Å². The third-order valence-corrected chi connectivity index (χ3v) is 3.35. The number of aromatic hydroxyl groups is 1. The van der Waals surface area contributed by atoms with Crippen molar-refractivity contribution in [3.8, 4) is 5.75 Å². The van der Waals surface area contributed by atoms with E-state index in [2.05, 4.69) is 0 Å². The zero-order valence-electron chi connectivity index (χ0n) is 11.8. The predicted molar refractivity (Wildman–Crippen MR) is 73.5 cm³/mol. The maximum atomic E-state index is 12.4. The van der Waals surface area contributed by atoms with Crippen LogP contribution < -0.4 is 0 Å². The monoisotopic (exact) mass is 263 g/mol. The average molecular weight is 263 g/mol. The molecule has 0 saturated carbocycles. The Kier molecular flexibility index (Phi) is 3.80. The van der Waals surface area contributed by atoms with E-state index in [1.54, 1.807) is 23.1 Å². The van der Waals surface area contributed by atoms with Gasteiger partial charge in [-0.1, -0.05) is 20.8 Å². The van der Waals surface area contributed by atoms with Crippen LogP contribution in [-0.2, 0) is 10.2 Å². The molecule has 0 aliphatic carbocycles. The fraction of sp³-hybridized carbons (Fsp3) is 0.533. The summed E-state index contributed by atoms with van der Waals surface area (Å²) in [6.07, 6.45) is 0. The van der Waals surface area contributed by atoms with E-state index in [0.717, 1.165) is 5.56 Å². The molecule has 0 bridgehead atoms. The van der Waals surface area contributed by atoms with Crippen LogP contribution in [0.25, 0.3) is 0 Å². The van der Waals surface area contributed by atoms with E-state index in [1.807, 2.05) is 20.8 Å². The van der Waals surface area contributed by atoms with E-state index in [4.69, 9.17) is 4.74 Å². The molecule has 1 N–H and O–H groups in total. The SMILES string of the molecule is CC(C)(C)c1cc(C(=O)N2CCOCC2)ccc1O. The van der Waals surface area contributed by atoms with Crippen LogP contribution in [0, 0.1) is 0 Å². The summed E-state index contributed by atoms with van der Waals surface area (Å²) < 4.78 is 5.25. The molecule has 0 unspecified atom stereocenters. The lowest BCUT2D eigenvalue weighted by Crippen LogP contribution is -2.40. The number of phenols is 1. The van der Waals surface area contributed by atoms with Crippen LogP contribution in [0.4, 0.5) is 0 Å². The van der Waals surface area contributed by atoms with Gasteiger partial charge in [0.1, 0.15) is 5.75 Å². The molecule has 4 heteroatoms. The van der Waals surface area contributed by atoms with Gasteiger partial charge >= 0.3 is 0 Å². The number of hydrogen-bond donors (Lipinski definition) is 1. The predicted octanol–water partition coefficient (Wildman–Crippen LogP) is 2.16. The molecular weight excluding hydrogens is 242 g/mol. The third-order valence-electron chi connectivity index (χ3n) is 3.35. The molecule has 104 valence electrons. The zero-order chi connectivity index (χ0) is 14.0. The number of phenolic OH excluding ortho intramolecular Hbond substituents is 1. The van der Waals surface area contributed by atoms with Gasteiger partial charge in [0.05, 0.1) is 13.2 Å². The molecule has 1 saturated heterocycles. The van der Waals surface area contributed by atoms with E-state index < -0.39 is 0 Å². The highest BCUT2D eigenvalue weighted by Crippen LogP contribution is 2.31. The number of benzene rings is 1. The highest BCUT2D eigenvalue weighted by Gasteiger charge is 2.23. The average Bonchev–Trinajstić information content (AvgIpc) is 2.38. The summed E-state index contributed by atoms with van der Waals surface area (Å²) in [5.74, 6) is 0.250. The Labute approximate surface area is 114 Å². The van der Waals surface area contributed by atoms with E-state index in [-0.39, 0.29) is 17.1 Å². The lowest BCUT2D eigenvalue weighted by molar-refractivity contribution is 0.0303. The first-order valence-corrected chi connectivity index (χ1v) is 6.60. The van der Waals surface area contributed by atoms with E-state index in [0.29, 0.717) is 31.9 Å². The molecule has 1 aromatic carbocycles. The first-order valence-electron chi connectivity index (χ1n) is 6.60. The fourth-order valence-corrected chi connectivity index (χ4v) is 2.22. The van der Waals surface area contributed by atoms with Crippen molar-refractivity contribution in [2.75, 3.05) is 26.3 Å². The summed E-state index contributed by atoms with van der Waals surface area (Å²) >= 11 is 0. The van der Waals surface area contributed by atoms with Gasteiger partial charge in [-0.3, -0.25) is 4.79 Å². The third kappa shape index (κ3) is 3.07. The normalized spacial score (nSPS) is 16.5. The summed E-state index contributed by atoms with van der Waals surface area (Å²) in [5, 5.41) is 9.92. The summed E-state index contributed by atoms with van der Waals surface area (Å²) in [7, 11) is 0. The van der Waals surface area contributed by atoms with Crippen LogP contribution in [-0.4, -0.2) is 42.2 Å². The molecule has 1 aromatic rings. The van der Waals surface area contributed by atoms with Crippen LogP contribution in [0.3, 0.4) is 0 Å². The Morgan fingerprint density at radius 1 is 1.26 bits per heavy atom. The van der Waals surface area contributed by atoms with Crippen molar-refractivity contribution in [1.82, 2.24) is 4.90 Å². The van der Waals surface area contributed by atoms with E-state index in [9.17, 15) is 9.90 Å². The van der Waals surface area contributed by atoms with Gasteiger partial charge in [0, 0.05) is 24.2 Å². The molecular formula is C15H21NO3. The molecule has 0 atom stereocenters. The second-order valence-electron chi connectivity index (χ2n) is 5.89. The fourth-order valence-electron chi connectivity index (χ4n) is 2.22. The Balaban J connectivity index is 2.27. The van der Waals surface area contributed by atoms with Crippen molar-refractivity contribution < 1.29 is 14.6 Å². The van der Waals surface area contributed by atoms with Gasteiger partial charge in [-0.25, -0.2) is 0 Å². The molecule has 0 radical (unpaired) electrons. The van der Waals surface area contributed by atoms with Gasteiger partial charge < -0.3 is 14.7 Å². The summed E-state index contributed by atoms with van der Waals surface area (Å²) in [6, 6.07) is 5.09. The molecule has 0 aromatic heterocycles. The number of rotatable bonds is 1. The lowest BCUT2D eigenvalue weighted by Gasteiger charge is -2.28. The maximum absolute atomic E-state index is 12.4. The van der Waals surface area contributed by atoms with Crippen molar-refractivity contribution in [2.45, 2.75) is 26.2 Å². The Bertz CT molecular complexity index is 471. The smallest absolute Gasteiger partial charge is 0.254 e. The lowest BCUT2D eigenvalue weighted by atomic mass is 9.85. The number of morpholine rings is 1. The minimum absolute atomic E-state index is 0.00815. The number of carbonyl (C=O) groups excluding carboxylic acids is 1. The summed E-state index contributed by atoms with van der Waals surface area (Å²) in [6.45, 7) is 8.50. The van der Waals surface area contributed by atoms with Crippen LogP contribution in [0.1, 0.15) is 36.7 Å². The Morgan fingerprint density at radius 3 is 2.47 bits per heavy atom. The van der Waals surface area contributed by atoms with Crippen molar-refractivity contribution in [1.29, 1.82) is 0 Å². The molecule has 2 rings (SSSR count). The van der Waals surface area contributed by atoms with Gasteiger partial charge in [-0.2, -0.15) is 0 Å².